The molecule has 0 saturated heterocycles. The van der Waals surface area contributed by atoms with Gasteiger partial charge in [-0.15, -0.1) is 0 Å². The number of carbonyl (C=O) groups is 2. The van der Waals surface area contributed by atoms with Crippen molar-refractivity contribution < 1.29 is 32.0 Å². The van der Waals surface area contributed by atoms with Crippen molar-refractivity contribution in [3.05, 3.63) is 59.0 Å². The van der Waals surface area contributed by atoms with E-state index >= 15 is 0 Å². The van der Waals surface area contributed by atoms with Crippen LogP contribution in [-0.4, -0.2) is 39.1 Å². The zero-order chi connectivity index (χ0) is 21.2. The van der Waals surface area contributed by atoms with Gasteiger partial charge in [0.2, 0.25) is 0 Å². The van der Waals surface area contributed by atoms with Crippen molar-refractivity contribution in [1.82, 2.24) is 0 Å². The average molecular weight is 419 g/mol. The Hall–Kier alpha value is -2.91. The summed E-state index contributed by atoms with van der Waals surface area (Å²) in [4.78, 5) is 25.7. The van der Waals surface area contributed by atoms with Gasteiger partial charge in [-0.1, -0.05) is 6.08 Å². The summed E-state index contributed by atoms with van der Waals surface area (Å²) in [5.74, 6) is -1.65. The van der Waals surface area contributed by atoms with Crippen molar-refractivity contribution in [3.8, 4) is 0 Å². The van der Waals surface area contributed by atoms with Gasteiger partial charge in [-0.2, -0.15) is 8.42 Å². The van der Waals surface area contributed by atoms with Crippen molar-refractivity contribution in [2.75, 3.05) is 19.1 Å². The van der Waals surface area contributed by atoms with Crippen molar-refractivity contribution in [2.45, 2.75) is 30.6 Å². The molecular formula is C20H21NO7S. The maximum Gasteiger partial charge on any atom is 0.355 e. The number of benzene rings is 1. The molecule has 1 aromatic rings. The number of hydrogen-bond donors (Lipinski definition) is 1. The molecule has 29 heavy (non-hydrogen) atoms. The van der Waals surface area contributed by atoms with Crippen LogP contribution < -0.4 is 4.90 Å². The lowest BCUT2D eigenvalue weighted by Crippen LogP contribution is -2.28. The summed E-state index contributed by atoms with van der Waals surface area (Å²) in [6.45, 7) is 0. The van der Waals surface area contributed by atoms with E-state index in [2.05, 4.69) is 0 Å². The number of anilines is 1. The molecule has 0 aromatic heterocycles. The standard InChI is InChI=1S/C20H21NO7S/c1-27-19(22)15-9-5-6-10-21(18(15)20(23)28-2)16-11-13-7-3-4-8-14(13)12-17(16)29(24,25)26/h5-6,9-12H,3-4,7-8H2,1-2H3,(H,24,25,26). The minimum absolute atomic E-state index is 0.0508. The van der Waals surface area contributed by atoms with Crippen LogP contribution in [0, 0.1) is 0 Å². The smallest absolute Gasteiger partial charge is 0.355 e. The summed E-state index contributed by atoms with van der Waals surface area (Å²) in [6, 6.07) is 3.06. The molecule has 1 N–H and O–H groups in total. The van der Waals surface area contributed by atoms with Gasteiger partial charge in [-0.25, -0.2) is 9.59 Å². The molecule has 0 bridgehead atoms. The van der Waals surface area contributed by atoms with E-state index in [9.17, 15) is 22.6 Å². The third-order valence-corrected chi connectivity index (χ3v) is 5.73. The first-order valence-corrected chi connectivity index (χ1v) is 10.4. The molecule has 2 aliphatic rings. The van der Waals surface area contributed by atoms with E-state index in [0.717, 1.165) is 37.5 Å². The number of hydrogen-bond acceptors (Lipinski definition) is 7. The highest BCUT2D eigenvalue weighted by Gasteiger charge is 2.31. The number of aryl methyl sites for hydroxylation is 2. The Morgan fingerprint density at radius 1 is 1.00 bits per heavy atom. The maximum absolute atomic E-state index is 12.6. The summed E-state index contributed by atoms with van der Waals surface area (Å²) in [5, 5.41) is 0. The molecular weight excluding hydrogens is 398 g/mol. The minimum atomic E-state index is -4.61. The summed E-state index contributed by atoms with van der Waals surface area (Å²) in [6.07, 6.45) is 9.16. The number of ether oxygens (including phenoxy) is 2. The first kappa shape index (κ1) is 20.8. The number of allylic oxidation sites excluding steroid dienone is 2. The molecule has 0 unspecified atom stereocenters. The van der Waals surface area contributed by atoms with E-state index in [1.807, 2.05) is 0 Å². The number of esters is 2. The molecule has 0 saturated carbocycles. The third kappa shape index (κ3) is 4.10. The first-order chi connectivity index (χ1) is 13.8. The highest BCUT2D eigenvalue weighted by molar-refractivity contribution is 7.86. The topological polar surface area (TPSA) is 110 Å². The van der Waals surface area contributed by atoms with Crippen LogP contribution >= 0.6 is 0 Å². The molecule has 0 amide bonds. The lowest BCUT2D eigenvalue weighted by atomic mass is 9.91. The number of fused-ring (bicyclic) bond motifs is 1. The van der Waals surface area contributed by atoms with E-state index in [0.29, 0.717) is 6.42 Å². The zero-order valence-corrected chi connectivity index (χ0v) is 16.9. The Morgan fingerprint density at radius 3 is 2.21 bits per heavy atom. The second-order valence-electron chi connectivity index (χ2n) is 6.59. The third-order valence-electron chi connectivity index (χ3n) is 4.85. The van der Waals surface area contributed by atoms with Crippen molar-refractivity contribution in [3.63, 3.8) is 0 Å². The highest BCUT2D eigenvalue weighted by atomic mass is 32.2. The Morgan fingerprint density at radius 2 is 1.62 bits per heavy atom. The predicted molar refractivity (Wildman–Crippen MR) is 105 cm³/mol. The van der Waals surface area contributed by atoms with Gasteiger partial charge < -0.3 is 14.4 Å². The van der Waals surface area contributed by atoms with Crippen molar-refractivity contribution in [2.24, 2.45) is 0 Å². The fourth-order valence-electron chi connectivity index (χ4n) is 3.50. The van der Waals surface area contributed by atoms with Crippen LogP contribution in [-0.2, 0) is 42.0 Å². The fraction of sp³-hybridized carbons (Fsp3) is 0.300. The molecule has 0 spiro atoms. The second kappa shape index (κ2) is 8.22. The Labute approximate surface area is 168 Å². The van der Waals surface area contributed by atoms with Gasteiger partial charge in [0.25, 0.3) is 10.1 Å². The van der Waals surface area contributed by atoms with Crippen LogP contribution in [0.3, 0.4) is 0 Å². The second-order valence-corrected chi connectivity index (χ2v) is 7.98. The molecule has 1 aliphatic heterocycles. The lowest BCUT2D eigenvalue weighted by molar-refractivity contribution is -0.139. The number of nitrogens with zero attached hydrogens (tertiary/aromatic N) is 1. The molecule has 154 valence electrons. The van der Waals surface area contributed by atoms with Crippen LogP contribution in [0.2, 0.25) is 0 Å². The van der Waals surface area contributed by atoms with Gasteiger partial charge >= 0.3 is 11.9 Å². The van der Waals surface area contributed by atoms with Crippen LogP contribution in [0.4, 0.5) is 5.69 Å². The van der Waals surface area contributed by atoms with Crippen molar-refractivity contribution >= 4 is 27.7 Å². The van der Waals surface area contributed by atoms with Crippen LogP contribution in [0.25, 0.3) is 0 Å². The largest absolute Gasteiger partial charge is 0.465 e. The number of carbonyl (C=O) groups excluding carboxylic acids is 2. The molecule has 0 atom stereocenters. The molecule has 0 fully saturated rings. The number of methoxy groups -OCH3 is 2. The van der Waals surface area contributed by atoms with Gasteiger partial charge in [-0.05, 0) is 61.1 Å². The Kier molecular flexibility index (Phi) is 5.90. The van der Waals surface area contributed by atoms with Crippen molar-refractivity contribution in [1.29, 1.82) is 0 Å². The quantitative estimate of drug-likeness (QED) is 0.585. The van der Waals surface area contributed by atoms with Gasteiger partial charge in [0.05, 0.1) is 25.5 Å². The van der Waals surface area contributed by atoms with E-state index in [4.69, 9.17) is 9.47 Å². The molecule has 0 radical (unpaired) electrons. The highest BCUT2D eigenvalue weighted by Crippen LogP contribution is 2.36. The normalized spacial score (nSPS) is 16.3. The molecule has 1 aliphatic carbocycles. The van der Waals surface area contributed by atoms with Crippen LogP contribution in [0.5, 0.6) is 0 Å². The van der Waals surface area contributed by atoms with Gasteiger partial charge in [0.15, 0.2) is 0 Å². The monoisotopic (exact) mass is 419 g/mol. The molecule has 9 heteroatoms. The van der Waals surface area contributed by atoms with Gasteiger partial charge in [0, 0.05) is 6.20 Å². The predicted octanol–water partition coefficient (Wildman–Crippen LogP) is 2.30. The lowest BCUT2D eigenvalue weighted by Gasteiger charge is -2.27. The summed E-state index contributed by atoms with van der Waals surface area (Å²) < 4.78 is 43.8. The van der Waals surface area contributed by atoms with Gasteiger partial charge in [-0.3, -0.25) is 4.55 Å². The molecule has 3 rings (SSSR count). The van der Waals surface area contributed by atoms with E-state index in [1.54, 1.807) is 6.07 Å². The van der Waals surface area contributed by atoms with Crippen LogP contribution in [0.1, 0.15) is 24.0 Å². The molecule has 8 nitrogen and oxygen atoms in total. The summed E-state index contributed by atoms with van der Waals surface area (Å²) in [5.41, 5.74) is 1.48. The van der Waals surface area contributed by atoms with Gasteiger partial charge in [0.1, 0.15) is 10.6 Å². The van der Waals surface area contributed by atoms with E-state index < -0.39 is 22.1 Å². The minimum Gasteiger partial charge on any atom is -0.465 e. The maximum atomic E-state index is 12.6. The summed E-state index contributed by atoms with van der Waals surface area (Å²) >= 11 is 0. The van der Waals surface area contributed by atoms with E-state index in [-0.39, 0.29) is 21.9 Å². The first-order valence-electron chi connectivity index (χ1n) is 8.96. The Bertz CT molecular complexity index is 1050. The molecule has 1 heterocycles. The SMILES string of the molecule is COC(=O)C1=C(C(=O)OC)N(c2cc3c(cc2S(=O)(=O)O)CCCC3)C=CC=C1. The fourth-order valence-corrected chi connectivity index (χ4v) is 4.21. The Balaban J connectivity index is 2.32. The van der Waals surface area contributed by atoms with E-state index in [1.165, 1.54) is 42.5 Å². The number of rotatable bonds is 4. The summed E-state index contributed by atoms with van der Waals surface area (Å²) in [7, 11) is -2.29. The zero-order valence-electron chi connectivity index (χ0n) is 16.0. The van der Waals surface area contributed by atoms with Crippen LogP contribution in [0.15, 0.2) is 52.7 Å². The average Bonchev–Trinajstić information content (AvgIpc) is 2.93. The molecule has 1 aromatic carbocycles.